The van der Waals surface area contributed by atoms with Crippen LogP contribution < -0.4 is 11.1 Å². The first-order chi connectivity index (χ1) is 13.1. The minimum atomic E-state index is -0.397. The summed E-state index contributed by atoms with van der Waals surface area (Å²) in [6.45, 7) is 3.35. The number of hydrogen-bond acceptors (Lipinski definition) is 4. The van der Waals surface area contributed by atoms with Crippen molar-refractivity contribution in [1.29, 1.82) is 0 Å². The van der Waals surface area contributed by atoms with E-state index in [0.29, 0.717) is 11.3 Å². The van der Waals surface area contributed by atoms with E-state index in [1.807, 2.05) is 53.9 Å². The van der Waals surface area contributed by atoms with Gasteiger partial charge in [-0.15, -0.1) is 0 Å². The number of nitrogens with two attached hydrogens (primary N) is 1. The van der Waals surface area contributed by atoms with Crippen LogP contribution in [0, 0.1) is 5.92 Å². The van der Waals surface area contributed by atoms with Crippen LogP contribution >= 0.6 is 11.8 Å². The molecule has 1 heterocycles. The lowest BCUT2D eigenvalue weighted by atomic mass is 9.94. The molecule has 1 aliphatic heterocycles. The molecule has 6 heteroatoms. The van der Waals surface area contributed by atoms with Gasteiger partial charge in [-0.3, -0.25) is 9.59 Å². The van der Waals surface area contributed by atoms with Gasteiger partial charge in [0.25, 0.3) is 5.91 Å². The van der Waals surface area contributed by atoms with Gasteiger partial charge in [-0.05, 0) is 23.8 Å². The molecule has 3 rings (SSSR count). The molecule has 27 heavy (non-hydrogen) atoms. The second-order valence-electron chi connectivity index (χ2n) is 6.70. The first-order valence-corrected chi connectivity index (χ1v) is 10.3. The molecule has 2 unspecified atom stereocenters. The Morgan fingerprint density at radius 3 is 2.48 bits per heavy atom. The first kappa shape index (κ1) is 19.5. The number of anilines is 1. The highest BCUT2D eigenvalue weighted by Crippen LogP contribution is 2.22. The van der Waals surface area contributed by atoms with Gasteiger partial charge < -0.3 is 16.0 Å². The second kappa shape index (κ2) is 9.06. The van der Waals surface area contributed by atoms with Crippen molar-refractivity contribution < 1.29 is 9.59 Å². The fourth-order valence-corrected chi connectivity index (χ4v) is 3.97. The maximum absolute atomic E-state index is 12.6. The summed E-state index contributed by atoms with van der Waals surface area (Å²) in [5.74, 6) is 1.39. The Kier molecular flexibility index (Phi) is 6.53. The van der Waals surface area contributed by atoms with Gasteiger partial charge in [-0.2, -0.15) is 11.8 Å². The average molecular weight is 384 g/mol. The van der Waals surface area contributed by atoms with E-state index in [1.54, 1.807) is 24.3 Å². The number of nitrogens with zero attached hydrogens (tertiary/aromatic N) is 1. The highest BCUT2D eigenvalue weighted by Gasteiger charge is 2.23. The second-order valence-corrected chi connectivity index (χ2v) is 7.92. The van der Waals surface area contributed by atoms with Crippen LogP contribution in [0.3, 0.4) is 0 Å². The molecule has 0 spiro atoms. The molecule has 2 atom stereocenters. The van der Waals surface area contributed by atoms with E-state index in [1.165, 1.54) is 0 Å². The van der Waals surface area contributed by atoms with E-state index in [4.69, 9.17) is 5.73 Å². The molecule has 1 saturated heterocycles. The fourth-order valence-electron chi connectivity index (χ4n) is 3.06. The molecule has 0 radical (unpaired) electrons. The van der Waals surface area contributed by atoms with Crippen LogP contribution in [-0.4, -0.2) is 41.3 Å². The molecule has 1 fully saturated rings. The van der Waals surface area contributed by atoms with Crippen LogP contribution in [0.5, 0.6) is 0 Å². The van der Waals surface area contributed by atoms with Crippen molar-refractivity contribution in [2.75, 3.05) is 29.9 Å². The predicted molar refractivity (Wildman–Crippen MR) is 111 cm³/mol. The molecule has 1 aliphatic rings. The molecule has 142 valence electrons. The number of amides is 2. The summed E-state index contributed by atoms with van der Waals surface area (Å²) in [6.07, 6.45) is 0. The molecular weight excluding hydrogens is 358 g/mol. The smallest absolute Gasteiger partial charge is 0.253 e. The quantitative estimate of drug-likeness (QED) is 0.832. The molecule has 3 N–H and O–H groups in total. The molecule has 2 aromatic carbocycles. The Hall–Kier alpha value is -2.31. The van der Waals surface area contributed by atoms with E-state index in [0.717, 1.165) is 30.2 Å². The summed E-state index contributed by atoms with van der Waals surface area (Å²) in [7, 11) is 0. The zero-order valence-corrected chi connectivity index (χ0v) is 16.2. The zero-order chi connectivity index (χ0) is 19.2. The normalized spacial score (nSPS) is 16.4. The minimum Gasteiger partial charge on any atom is -0.337 e. The first-order valence-electron chi connectivity index (χ1n) is 9.15. The number of carbonyl (C=O) groups is 2. The third-order valence-electron chi connectivity index (χ3n) is 4.81. The molecule has 0 aliphatic carbocycles. The van der Waals surface area contributed by atoms with Crippen molar-refractivity contribution in [2.24, 2.45) is 11.7 Å². The maximum atomic E-state index is 12.6. The Morgan fingerprint density at radius 2 is 1.78 bits per heavy atom. The van der Waals surface area contributed by atoms with Crippen molar-refractivity contribution in [3.05, 3.63) is 65.7 Å². The molecule has 0 bridgehead atoms. The molecule has 0 saturated carbocycles. The molecule has 0 aromatic heterocycles. The van der Waals surface area contributed by atoms with Crippen LogP contribution in [0.15, 0.2) is 54.6 Å². The third-order valence-corrected chi connectivity index (χ3v) is 5.75. The molecule has 2 amide bonds. The van der Waals surface area contributed by atoms with Crippen LogP contribution in [0.2, 0.25) is 0 Å². The summed E-state index contributed by atoms with van der Waals surface area (Å²) < 4.78 is 0. The Bertz CT molecular complexity index is 791. The monoisotopic (exact) mass is 383 g/mol. The Morgan fingerprint density at radius 1 is 1.07 bits per heavy atom. The summed E-state index contributed by atoms with van der Waals surface area (Å²) in [5, 5.41) is 2.90. The number of hydrogen-bond donors (Lipinski definition) is 2. The van der Waals surface area contributed by atoms with Gasteiger partial charge in [0, 0.05) is 41.9 Å². The summed E-state index contributed by atoms with van der Waals surface area (Å²) in [6, 6.07) is 16.3. The molecule has 5 nitrogen and oxygen atoms in total. The highest BCUT2D eigenvalue weighted by atomic mass is 32.2. The lowest BCUT2D eigenvalue weighted by Gasteiger charge is -2.26. The SMILES string of the molecule is CC(C(=O)Nc1cccc(C(=O)N2CCSCC2)c1)C(N)c1ccccc1. The maximum Gasteiger partial charge on any atom is 0.253 e. The van der Waals surface area contributed by atoms with Crippen LogP contribution in [-0.2, 0) is 4.79 Å². The number of nitrogens with one attached hydrogen (secondary N) is 1. The summed E-state index contributed by atoms with van der Waals surface area (Å²) >= 11 is 1.86. The van der Waals surface area contributed by atoms with Crippen molar-refractivity contribution in [2.45, 2.75) is 13.0 Å². The van der Waals surface area contributed by atoms with Crippen LogP contribution in [0.25, 0.3) is 0 Å². The van der Waals surface area contributed by atoms with Gasteiger partial charge in [0.2, 0.25) is 5.91 Å². The lowest BCUT2D eigenvalue weighted by molar-refractivity contribution is -0.120. The summed E-state index contributed by atoms with van der Waals surface area (Å²) in [5.41, 5.74) is 8.38. The van der Waals surface area contributed by atoms with E-state index in [2.05, 4.69) is 5.32 Å². The van der Waals surface area contributed by atoms with E-state index < -0.39 is 5.92 Å². The summed E-state index contributed by atoms with van der Waals surface area (Å²) in [4.78, 5) is 27.1. The van der Waals surface area contributed by atoms with Gasteiger partial charge >= 0.3 is 0 Å². The highest BCUT2D eigenvalue weighted by molar-refractivity contribution is 7.99. The van der Waals surface area contributed by atoms with Crippen LogP contribution in [0.1, 0.15) is 28.9 Å². The predicted octanol–water partition coefficient (Wildman–Crippen LogP) is 3.15. The van der Waals surface area contributed by atoms with E-state index >= 15 is 0 Å². The van der Waals surface area contributed by atoms with Gasteiger partial charge in [-0.25, -0.2) is 0 Å². The van der Waals surface area contributed by atoms with Crippen molar-refractivity contribution >= 4 is 29.3 Å². The van der Waals surface area contributed by atoms with Crippen molar-refractivity contribution in [3.63, 3.8) is 0 Å². The van der Waals surface area contributed by atoms with Crippen molar-refractivity contribution in [1.82, 2.24) is 4.90 Å². The topological polar surface area (TPSA) is 75.4 Å². The van der Waals surface area contributed by atoms with E-state index in [9.17, 15) is 9.59 Å². The third kappa shape index (κ3) is 4.90. The number of benzene rings is 2. The number of thioether (sulfide) groups is 1. The van der Waals surface area contributed by atoms with E-state index in [-0.39, 0.29) is 17.9 Å². The van der Waals surface area contributed by atoms with Gasteiger partial charge in [-0.1, -0.05) is 43.3 Å². The van der Waals surface area contributed by atoms with Gasteiger partial charge in [0.05, 0.1) is 5.92 Å². The Labute approximate surface area is 164 Å². The van der Waals surface area contributed by atoms with Crippen molar-refractivity contribution in [3.8, 4) is 0 Å². The molecular formula is C21H25N3O2S. The van der Waals surface area contributed by atoms with Gasteiger partial charge in [0.1, 0.15) is 0 Å². The zero-order valence-electron chi connectivity index (χ0n) is 15.4. The standard InChI is InChI=1S/C21H25N3O2S/c1-15(19(22)16-6-3-2-4-7-16)20(25)23-18-9-5-8-17(14-18)21(26)24-10-12-27-13-11-24/h2-9,14-15,19H,10-13,22H2,1H3,(H,23,25). The minimum absolute atomic E-state index is 0.0143. The van der Waals surface area contributed by atoms with Crippen LogP contribution in [0.4, 0.5) is 5.69 Å². The fraction of sp³-hybridized carbons (Fsp3) is 0.333. The number of carbonyl (C=O) groups excluding carboxylic acids is 2. The average Bonchev–Trinajstić information content (AvgIpc) is 2.73. The Balaban J connectivity index is 1.66. The van der Waals surface area contributed by atoms with Gasteiger partial charge in [0.15, 0.2) is 0 Å². The number of rotatable bonds is 5. The molecule has 2 aromatic rings. The lowest BCUT2D eigenvalue weighted by Crippen LogP contribution is -2.37. The largest absolute Gasteiger partial charge is 0.337 e.